The molecule has 0 unspecified atom stereocenters. The SMILES string of the molecule is C[C@@H](OC(=O)C[C@@H]1CCS(=O)(=O)C1)C(=O)c1ccc(Br)cc1. The Kier molecular flexibility index (Phi) is 5.39. The number of carbonyl (C=O) groups excluding carboxylic acids is 2. The van der Waals surface area contributed by atoms with Crippen molar-refractivity contribution in [3.05, 3.63) is 34.3 Å². The molecule has 1 aliphatic heterocycles. The van der Waals surface area contributed by atoms with Crippen LogP contribution in [-0.4, -0.2) is 37.8 Å². The summed E-state index contributed by atoms with van der Waals surface area (Å²) in [6.45, 7) is 1.52. The predicted octanol–water partition coefficient (Wildman–Crippen LogP) is 2.39. The molecule has 0 aliphatic carbocycles. The average molecular weight is 389 g/mol. The van der Waals surface area contributed by atoms with Crippen LogP contribution in [0.2, 0.25) is 0 Å². The summed E-state index contributed by atoms with van der Waals surface area (Å²) in [5, 5.41) is 0. The van der Waals surface area contributed by atoms with Crippen LogP contribution in [0.25, 0.3) is 0 Å². The molecule has 0 radical (unpaired) electrons. The molecule has 1 fully saturated rings. The van der Waals surface area contributed by atoms with E-state index in [1.807, 2.05) is 0 Å². The lowest BCUT2D eigenvalue weighted by atomic mass is 10.1. The van der Waals surface area contributed by atoms with Crippen molar-refractivity contribution in [3.63, 3.8) is 0 Å². The first-order valence-corrected chi connectivity index (χ1v) is 9.58. The zero-order chi connectivity index (χ0) is 16.3. The van der Waals surface area contributed by atoms with Crippen LogP contribution in [0.3, 0.4) is 0 Å². The molecular formula is C15H17BrO5S. The van der Waals surface area contributed by atoms with Gasteiger partial charge < -0.3 is 4.74 Å². The molecule has 0 amide bonds. The van der Waals surface area contributed by atoms with Crippen LogP contribution in [-0.2, 0) is 19.4 Å². The van der Waals surface area contributed by atoms with E-state index in [1.165, 1.54) is 6.92 Å². The molecule has 0 N–H and O–H groups in total. The van der Waals surface area contributed by atoms with Gasteiger partial charge in [0.2, 0.25) is 5.78 Å². The third-order valence-corrected chi connectivity index (χ3v) is 5.95. The molecule has 1 aliphatic rings. The Labute approximate surface area is 138 Å². The second-order valence-electron chi connectivity index (χ2n) is 5.48. The van der Waals surface area contributed by atoms with Gasteiger partial charge in [-0.1, -0.05) is 28.1 Å². The van der Waals surface area contributed by atoms with Gasteiger partial charge >= 0.3 is 5.97 Å². The average Bonchev–Trinajstić information content (AvgIpc) is 2.77. The maximum atomic E-state index is 12.1. The summed E-state index contributed by atoms with van der Waals surface area (Å²) >= 11 is 3.28. The Balaban J connectivity index is 1.88. The van der Waals surface area contributed by atoms with Crippen molar-refractivity contribution in [1.29, 1.82) is 0 Å². The van der Waals surface area contributed by atoms with Gasteiger partial charge in [0, 0.05) is 16.5 Å². The number of carbonyl (C=O) groups is 2. The molecule has 0 aromatic heterocycles. The third kappa shape index (κ3) is 4.64. The maximum absolute atomic E-state index is 12.1. The first kappa shape index (κ1) is 17.1. The predicted molar refractivity (Wildman–Crippen MR) is 85.4 cm³/mol. The molecule has 5 nitrogen and oxygen atoms in total. The molecular weight excluding hydrogens is 372 g/mol. The molecule has 120 valence electrons. The summed E-state index contributed by atoms with van der Waals surface area (Å²) in [4.78, 5) is 24.0. The van der Waals surface area contributed by atoms with Gasteiger partial charge in [0.25, 0.3) is 0 Å². The highest BCUT2D eigenvalue weighted by Gasteiger charge is 2.30. The lowest BCUT2D eigenvalue weighted by molar-refractivity contribution is -0.147. The topological polar surface area (TPSA) is 77.5 Å². The number of hydrogen-bond donors (Lipinski definition) is 0. The molecule has 1 aromatic rings. The monoisotopic (exact) mass is 388 g/mol. The Hall–Kier alpha value is -1.21. The number of ketones is 1. The third-order valence-electron chi connectivity index (χ3n) is 3.59. The largest absolute Gasteiger partial charge is 0.454 e. The van der Waals surface area contributed by atoms with E-state index in [-0.39, 0.29) is 29.6 Å². The number of sulfone groups is 1. The second-order valence-corrected chi connectivity index (χ2v) is 8.62. The van der Waals surface area contributed by atoms with Crippen molar-refractivity contribution in [2.45, 2.75) is 25.9 Å². The summed E-state index contributed by atoms with van der Waals surface area (Å²) in [7, 11) is -3.01. The first-order chi connectivity index (χ1) is 10.3. The zero-order valence-corrected chi connectivity index (χ0v) is 14.5. The van der Waals surface area contributed by atoms with E-state index < -0.39 is 21.9 Å². The normalized spacial score (nSPS) is 21.3. The molecule has 22 heavy (non-hydrogen) atoms. The minimum Gasteiger partial charge on any atom is -0.454 e. The number of benzene rings is 1. The van der Waals surface area contributed by atoms with Crippen LogP contribution < -0.4 is 0 Å². The maximum Gasteiger partial charge on any atom is 0.306 e. The van der Waals surface area contributed by atoms with Crippen molar-refractivity contribution in [2.75, 3.05) is 11.5 Å². The summed E-state index contributed by atoms with van der Waals surface area (Å²) in [5.41, 5.74) is 0.465. The highest BCUT2D eigenvalue weighted by Crippen LogP contribution is 2.22. The van der Waals surface area contributed by atoms with E-state index >= 15 is 0 Å². The van der Waals surface area contributed by atoms with Crippen molar-refractivity contribution in [2.24, 2.45) is 5.92 Å². The van der Waals surface area contributed by atoms with Crippen LogP contribution in [0, 0.1) is 5.92 Å². The van der Waals surface area contributed by atoms with E-state index in [0.717, 1.165) is 4.47 Å². The van der Waals surface area contributed by atoms with Gasteiger partial charge in [-0.2, -0.15) is 0 Å². The number of halogens is 1. The fraction of sp³-hybridized carbons (Fsp3) is 0.467. The van der Waals surface area contributed by atoms with Crippen LogP contribution in [0.4, 0.5) is 0 Å². The van der Waals surface area contributed by atoms with Gasteiger partial charge in [0.1, 0.15) is 0 Å². The van der Waals surface area contributed by atoms with Crippen molar-refractivity contribution in [3.8, 4) is 0 Å². The molecule has 2 atom stereocenters. The van der Waals surface area contributed by atoms with Crippen LogP contribution in [0.15, 0.2) is 28.7 Å². The Morgan fingerprint density at radius 2 is 1.95 bits per heavy atom. The summed E-state index contributed by atoms with van der Waals surface area (Å²) in [5.74, 6) is -0.859. The van der Waals surface area contributed by atoms with Gasteiger partial charge in [-0.25, -0.2) is 8.42 Å². The van der Waals surface area contributed by atoms with Crippen molar-refractivity contribution < 1.29 is 22.7 Å². The van der Waals surface area contributed by atoms with Crippen LogP contribution in [0.1, 0.15) is 30.1 Å². The number of hydrogen-bond acceptors (Lipinski definition) is 5. The first-order valence-electron chi connectivity index (χ1n) is 6.96. The molecule has 2 rings (SSSR count). The quantitative estimate of drug-likeness (QED) is 0.571. The highest BCUT2D eigenvalue weighted by molar-refractivity contribution is 9.10. The fourth-order valence-corrected chi connectivity index (χ4v) is 4.54. The van der Waals surface area contributed by atoms with Crippen LogP contribution >= 0.6 is 15.9 Å². The van der Waals surface area contributed by atoms with Crippen molar-refractivity contribution >= 4 is 37.5 Å². The molecule has 0 bridgehead atoms. The second kappa shape index (κ2) is 6.91. The molecule has 0 spiro atoms. The minimum atomic E-state index is -3.01. The van der Waals surface area contributed by atoms with Crippen molar-refractivity contribution in [1.82, 2.24) is 0 Å². The fourth-order valence-electron chi connectivity index (χ4n) is 2.42. The molecule has 1 aromatic carbocycles. The van der Waals surface area contributed by atoms with Gasteiger partial charge in [-0.05, 0) is 31.4 Å². The summed E-state index contributed by atoms with van der Waals surface area (Å²) < 4.78 is 28.7. The van der Waals surface area contributed by atoms with Gasteiger partial charge in [0.05, 0.1) is 11.5 Å². The summed E-state index contributed by atoms with van der Waals surface area (Å²) in [6.07, 6.45) is -0.365. The lowest BCUT2D eigenvalue weighted by Gasteiger charge is -2.14. The number of rotatable bonds is 5. The molecule has 0 saturated carbocycles. The minimum absolute atomic E-state index is 0.0249. The Morgan fingerprint density at radius 1 is 1.32 bits per heavy atom. The lowest BCUT2D eigenvalue weighted by Crippen LogP contribution is -2.25. The zero-order valence-electron chi connectivity index (χ0n) is 12.1. The van der Waals surface area contributed by atoms with E-state index in [1.54, 1.807) is 24.3 Å². The van der Waals surface area contributed by atoms with Gasteiger partial charge in [-0.15, -0.1) is 0 Å². The number of ether oxygens (including phenoxy) is 1. The molecule has 7 heteroatoms. The smallest absolute Gasteiger partial charge is 0.306 e. The standard InChI is InChI=1S/C15H17BrO5S/c1-10(15(18)12-2-4-13(16)5-3-12)21-14(17)8-11-6-7-22(19,20)9-11/h2-5,10-11H,6-9H2,1H3/t10-,11+/m1/s1. The number of Topliss-reactive ketones (excluding diaryl/α,β-unsaturated/α-hetero) is 1. The highest BCUT2D eigenvalue weighted by atomic mass is 79.9. The molecule has 1 heterocycles. The van der Waals surface area contributed by atoms with Gasteiger partial charge in [0.15, 0.2) is 15.9 Å². The molecule has 1 saturated heterocycles. The summed E-state index contributed by atoms with van der Waals surface area (Å²) in [6, 6.07) is 6.79. The Morgan fingerprint density at radius 3 is 2.50 bits per heavy atom. The van der Waals surface area contributed by atoms with E-state index in [0.29, 0.717) is 12.0 Å². The van der Waals surface area contributed by atoms with Crippen LogP contribution in [0.5, 0.6) is 0 Å². The van der Waals surface area contributed by atoms with E-state index in [2.05, 4.69) is 15.9 Å². The van der Waals surface area contributed by atoms with Gasteiger partial charge in [-0.3, -0.25) is 9.59 Å². The van der Waals surface area contributed by atoms with E-state index in [4.69, 9.17) is 4.74 Å². The van der Waals surface area contributed by atoms with E-state index in [9.17, 15) is 18.0 Å². The Bertz CT molecular complexity index is 666. The number of esters is 1.